The van der Waals surface area contributed by atoms with Crippen molar-refractivity contribution in [3.63, 3.8) is 0 Å². The van der Waals surface area contributed by atoms with Gasteiger partial charge in [0.15, 0.2) is 0 Å². The van der Waals surface area contributed by atoms with E-state index in [1.807, 2.05) is 34.7 Å². The van der Waals surface area contributed by atoms with Gasteiger partial charge < -0.3 is 10.2 Å². The second-order valence-electron chi connectivity index (χ2n) is 5.97. The zero-order valence-corrected chi connectivity index (χ0v) is 15.3. The molecule has 0 saturated carbocycles. The lowest BCUT2D eigenvalue weighted by Crippen LogP contribution is -2.45. The fraction of sp³-hybridized carbons (Fsp3) is 0.471. The zero-order valence-electron chi connectivity index (χ0n) is 13.7. The maximum Gasteiger partial charge on any atom is 0.263 e. The van der Waals surface area contributed by atoms with Crippen LogP contribution in [0.3, 0.4) is 0 Å². The van der Waals surface area contributed by atoms with Crippen LogP contribution in [0.25, 0.3) is 0 Å². The average molecular weight is 364 g/mol. The van der Waals surface area contributed by atoms with Gasteiger partial charge in [-0.15, -0.1) is 22.7 Å². The van der Waals surface area contributed by atoms with Gasteiger partial charge in [0, 0.05) is 31.4 Å². The SMILES string of the molecule is Cc1nc(CCNC(=O)C2CCCN(C(=O)c3cccs3)C2)cs1. The molecule has 3 rings (SSSR count). The molecule has 2 amide bonds. The van der Waals surface area contributed by atoms with Crippen molar-refractivity contribution in [2.45, 2.75) is 26.2 Å². The van der Waals surface area contributed by atoms with Gasteiger partial charge >= 0.3 is 0 Å². The standard InChI is InChI=1S/C17H21N3O2S2/c1-12-19-14(11-24-12)6-7-18-16(21)13-4-2-8-20(10-13)17(22)15-5-3-9-23-15/h3,5,9,11,13H,2,4,6-8,10H2,1H3,(H,18,21). The summed E-state index contributed by atoms with van der Waals surface area (Å²) in [5, 5.41) is 7.98. The predicted octanol–water partition coefficient (Wildman–Crippen LogP) is 2.72. The molecule has 0 spiro atoms. The molecule has 1 unspecified atom stereocenters. The number of hydrogen-bond donors (Lipinski definition) is 1. The number of carbonyl (C=O) groups is 2. The van der Waals surface area contributed by atoms with Crippen molar-refractivity contribution in [2.24, 2.45) is 5.92 Å². The number of rotatable bonds is 5. The topological polar surface area (TPSA) is 62.3 Å². The summed E-state index contributed by atoms with van der Waals surface area (Å²) in [5.74, 6) is -0.0223. The molecule has 0 aliphatic carbocycles. The van der Waals surface area contributed by atoms with E-state index in [0.29, 0.717) is 13.1 Å². The molecule has 1 fully saturated rings. The molecule has 5 nitrogen and oxygen atoms in total. The molecule has 1 aliphatic heterocycles. The van der Waals surface area contributed by atoms with Crippen LogP contribution < -0.4 is 5.32 Å². The lowest BCUT2D eigenvalue weighted by atomic mass is 9.97. The number of piperidine rings is 1. The maximum atomic E-state index is 12.4. The lowest BCUT2D eigenvalue weighted by molar-refractivity contribution is -0.126. The molecular formula is C17H21N3O2S2. The molecule has 0 aromatic carbocycles. The highest BCUT2D eigenvalue weighted by atomic mass is 32.1. The van der Waals surface area contributed by atoms with E-state index >= 15 is 0 Å². The number of aryl methyl sites for hydroxylation is 1. The van der Waals surface area contributed by atoms with Crippen molar-refractivity contribution in [1.29, 1.82) is 0 Å². The smallest absolute Gasteiger partial charge is 0.263 e. The Morgan fingerprint density at radius 2 is 2.29 bits per heavy atom. The lowest BCUT2D eigenvalue weighted by Gasteiger charge is -2.31. The van der Waals surface area contributed by atoms with Gasteiger partial charge in [0.25, 0.3) is 5.91 Å². The maximum absolute atomic E-state index is 12.4. The van der Waals surface area contributed by atoms with Gasteiger partial charge in [0.05, 0.1) is 21.5 Å². The molecule has 2 aromatic heterocycles. The van der Waals surface area contributed by atoms with E-state index in [-0.39, 0.29) is 17.7 Å². The fourth-order valence-corrected chi connectivity index (χ4v) is 4.25. The Morgan fingerprint density at radius 1 is 1.42 bits per heavy atom. The van der Waals surface area contributed by atoms with Gasteiger partial charge in [-0.05, 0) is 31.2 Å². The Kier molecular flexibility index (Phi) is 5.63. The molecule has 1 N–H and O–H groups in total. The first kappa shape index (κ1) is 17.1. The molecule has 7 heteroatoms. The normalized spacial score (nSPS) is 17.7. The van der Waals surface area contributed by atoms with Crippen molar-refractivity contribution < 1.29 is 9.59 Å². The number of likely N-dealkylation sites (tertiary alicyclic amines) is 1. The van der Waals surface area contributed by atoms with Gasteiger partial charge in [0.1, 0.15) is 0 Å². The first-order valence-corrected chi connectivity index (χ1v) is 9.91. The van der Waals surface area contributed by atoms with Crippen LogP contribution in [0.1, 0.15) is 33.2 Å². The van der Waals surface area contributed by atoms with Crippen LogP contribution in [0.15, 0.2) is 22.9 Å². The van der Waals surface area contributed by atoms with E-state index < -0.39 is 0 Å². The van der Waals surface area contributed by atoms with E-state index in [0.717, 1.165) is 41.4 Å². The van der Waals surface area contributed by atoms with Crippen LogP contribution in [-0.2, 0) is 11.2 Å². The fourth-order valence-electron chi connectivity index (χ4n) is 2.91. The number of aromatic nitrogens is 1. The molecule has 0 bridgehead atoms. The van der Waals surface area contributed by atoms with Crippen LogP contribution in [0.4, 0.5) is 0 Å². The number of thiophene rings is 1. The second-order valence-corrected chi connectivity index (χ2v) is 7.98. The van der Waals surface area contributed by atoms with Crippen LogP contribution in [0.5, 0.6) is 0 Å². The highest BCUT2D eigenvalue weighted by Crippen LogP contribution is 2.20. The molecular weight excluding hydrogens is 342 g/mol. The third-order valence-electron chi connectivity index (χ3n) is 4.16. The van der Waals surface area contributed by atoms with Crippen molar-refractivity contribution in [1.82, 2.24) is 15.2 Å². The van der Waals surface area contributed by atoms with E-state index in [2.05, 4.69) is 10.3 Å². The summed E-state index contributed by atoms with van der Waals surface area (Å²) in [6.07, 6.45) is 2.47. The van der Waals surface area contributed by atoms with Gasteiger partial charge in [0.2, 0.25) is 5.91 Å². The monoisotopic (exact) mass is 363 g/mol. The highest BCUT2D eigenvalue weighted by Gasteiger charge is 2.29. The number of nitrogens with zero attached hydrogens (tertiary/aromatic N) is 2. The van der Waals surface area contributed by atoms with E-state index in [4.69, 9.17) is 0 Å². The summed E-state index contributed by atoms with van der Waals surface area (Å²) in [7, 11) is 0. The van der Waals surface area contributed by atoms with E-state index in [9.17, 15) is 9.59 Å². The van der Waals surface area contributed by atoms with Crippen LogP contribution >= 0.6 is 22.7 Å². The molecule has 1 aliphatic rings. The van der Waals surface area contributed by atoms with Crippen molar-refractivity contribution >= 4 is 34.5 Å². The first-order chi connectivity index (χ1) is 11.6. The molecule has 24 heavy (non-hydrogen) atoms. The Labute approximate surface area is 149 Å². The molecule has 1 atom stereocenters. The van der Waals surface area contributed by atoms with Gasteiger partial charge in [-0.2, -0.15) is 0 Å². The minimum absolute atomic E-state index is 0.0421. The summed E-state index contributed by atoms with van der Waals surface area (Å²) in [4.78, 5) is 31.8. The minimum Gasteiger partial charge on any atom is -0.355 e. The van der Waals surface area contributed by atoms with Gasteiger partial charge in [-0.3, -0.25) is 9.59 Å². The van der Waals surface area contributed by atoms with Crippen LogP contribution in [0.2, 0.25) is 0 Å². The summed E-state index contributed by atoms with van der Waals surface area (Å²) in [5.41, 5.74) is 1.02. The number of carbonyl (C=O) groups excluding carboxylic acids is 2. The number of hydrogen-bond acceptors (Lipinski definition) is 5. The Bertz CT molecular complexity index is 697. The quantitative estimate of drug-likeness (QED) is 0.888. The summed E-state index contributed by atoms with van der Waals surface area (Å²) >= 11 is 3.08. The third kappa shape index (κ3) is 4.21. The Balaban J connectivity index is 1.48. The zero-order chi connectivity index (χ0) is 16.9. The molecule has 128 valence electrons. The minimum atomic E-state index is -0.111. The van der Waals surface area contributed by atoms with Crippen LogP contribution in [-0.4, -0.2) is 41.3 Å². The predicted molar refractivity (Wildman–Crippen MR) is 96.5 cm³/mol. The molecule has 1 saturated heterocycles. The summed E-state index contributed by atoms with van der Waals surface area (Å²) < 4.78 is 0. The van der Waals surface area contributed by atoms with Crippen LogP contribution in [0, 0.1) is 12.8 Å². The van der Waals surface area contributed by atoms with Crippen molar-refractivity contribution in [3.8, 4) is 0 Å². The van der Waals surface area contributed by atoms with Gasteiger partial charge in [-0.1, -0.05) is 6.07 Å². The van der Waals surface area contributed by atoms with E-state index in [1.165, 1.54) is 11.3 Å². The Morgan fingerprint density at radius 3 is 3.00 bits per heavy atom. The van der Waals surface area contributed by atoms with Gasteiger partial charge in [-0.25, -0.2) is 4.98 Å². The summed E-state index contributed by atoms with van der Waals surface area (Å²) in [6.45, 7) is 3.82. The first-order valence-electron chi connectivity index (χ1n) is 8.15. The van der Waals surface area contributed by atoms with E-state index in [1.54, 1.807) is 11.3 Å². The summed E-state index contributed by atoms with van der Waals surface area (Å²) in [6, 6.07) is 3.72. The molecule has 2 aromatic rings. The second kappa shape index (κ2) is 7.90. The van der Waals surface area contributed by atoms with Crippen molar-refractivity contribution in [2.75, 3.05) is 19.6 Å². The molecule has 0 radical (unpaired) electrons. The third-order valence-corrected chi connectivity index (χ3v) is 5.84. The number of thiazole rings is 1. The largest absolute Gasteiger partial charge is 0.355 e. The average Bonchev–Trinajstić information content (AvgIpc) is 3.26. The molecule has 3 heterocycles. The highest BCUT2D eigenvalue weighted by molar-refractivity contribution is 7.12. The number of amides is 2. The van der Waals surface area contributed by atoms with Crippen molar-refractivity contribution in [3.05, 3.63) is 38.5 Å². The Hall–Kier alpha value is -1.73. The number of nitrogens with one attached hydrogen (secondary N) is 1.